The lowest BCUT2D eigenvalue weighted by atomic mass is 10.1. The highest BCUT2D eigenvalue weighted by atomic mass is 32.1. The van der Waals surface area contributed by atoms with Crippen LogP contribution in [0.2, 0.25) is 0 Å². The predicted molar refractivity (Wildman–Crippen MR) is 84.0 cm³/mol. The van der Waals surface area contributed by atoms with Gasteiger partial charge >= 0.3 is 0 Å². The molecule has 20 heavy (non-hydrogen) atoms. The molecule has 0 aromatic heterocycles. The molecule has 0 saturated carbocycles. The SMILES string of the molecule is CC1Cc2ccccc2N1c1ccc(F)cc1C(N)=S. The Morgan fingerprint density at radius 1 is 1.25 bits per heavy atom. The number of anilines is 2. The first-order chi connectivity index (χ1) is 9.58. The van der Waals surface area contributed by atoms with Crippen LogP contribution in [-0.2, 0) is 6.42 Å². The number of rotatable bonds is 2. The Kier molecular flexibility index (Phi) is 3.18. The third-order valence-corrected chi connectivity index (χ3v) is 3.91. The van der Waals surface area contributed by atoms with Gasteiger partial charge in [-0.1, -0.05) is 30.4 Å². The number of hydrogen-bond acceptors (Lipinski definition) is 2. The zero-order chi connectivity index (χ0) is 14.3. The fourth-order valence-corrected chi connectivity index (χ4v) is 3.01. The number of para-hydroxylation sites is 1. The van der Waals surface area contributed by atoms with Crippen LogP contribution in [0.4, 0.5) is 15.8 Å². The first kappa shape index (κ1) is 13.1. The molecule has 2 aromatic rings. The van der Waals surface area contributed by atoms with Crippen LogP contribution in [0.15, 0.2) is 42.5 Å². The number of hydrogen-bond donors (Lipinski definition) is 1. The zero-order valence-corrected chi connectivity index (χ0v) is 12.0. The molecule has 0 spiro atoms. The van der Waals surface area contributed by atoms with E-state index in [0.29, 0.717) is 11.6 Å². The summed E-state index contributed by atoms with van der Waals surface area (Å²) >= 11 is 5.07. The van der Waals surface area contributed by atoms with Gasteiger partial charge in [-0.2, -0.15) is 0 Å². The van der Waals surface area contributed by atoms with Crippen LogP contribution in [0, 0.1) is 5.82 Å². The molecular weight excluding hydrogens is 271 g/mol. The van der Waals surface area contributed by atoms with Crippen molar-refractivity contribution in [1.29, 1.82) is 0 Å². The van der Waals surface area contributed by atoms with Crippen molar-refractivity contribution in [2.75, 3.05) is 4.90 Å². The van der Waals surface area contributed by atoms with Gasteiger partial charge in [0.1, 0.15) is 10.8 Å². The number of fused-ring (bicyclic) bond motifs is 1. The summed E-state index contributed by atoms with van der Waals surface area (Å²) in [5, 5.41) is 0. The van der Waals surface area contributed by atoms with Crippen molar-refractivity contribution in [2.24, 2.45) is 5.73 Å². The van der Waals surface area contributed by atoms with Gasteiger partial charge in [0.25, 0.3) is 0 Å². The van der Waals surface area contributed by atoms with Gasteiger partial charge < -0.3 is 10.6 Å². The second-order valence-electron chi connectivity index (χ2n) is 5.08. The Labute approximate surface area is 123 Å². The maximum atomic E-state index is 13.5. The first-order valence-electron chi connectivity index (χ1n) is 6.54. The highest BCUT2D eigenvalue weighted by Crippen LogP contribution is 2.39. The quantitative estimate of drug-likeness (QED) is 0.856. The van der Waals surface area contributed by atoms with Crippen molar-refractivity contribution < 1.29 is 4.39 Å². The van der Waals surface area contributed by atoms with Crippen LogP contribution in [0.3, 0.4) is 0 Å². The molecule has 0 bridgehead atoms. The molecule has 2 aromatic carbocycles. The topological polar surface area (TPSA) is 29.3 Å². The van der Waals surface area contributed by atoms with E-state index in [-0.39, 0.29) is 10.8 Å². The fourth-order valence-electron chi connectivity index (χ4n) is 2.85. The zero-order valence-electron chi connectivity index (χ0n) is 11.1. The van der Waals surface area contributed by atoms with Crippen LogP contribution < -0.4 is 10.6 Å². The second-order valence-corrected chi connectivity index (χ2v) is 5.52. The fraction of sp³-hybridized carbons (Fsp3) is 0.188. The molecule has 3 rings (SSSR count). The number of nitrogens with zero attached hydrogens (tertiary/aromatic N) is 1. The molecule has 1 aliphatic heterocycles. The standard InChI is InChI=1S/C16H15FN2S/c1-10-8-11-4-2-3-5-14(11)19(10)15-7-6-12(17)9-13(15)16(18)20/h2-7,9-10H,8H2,1H3,(H2,18,20). The Balaban J connectivity index is 2.17. The van der Waals surface area contributed by atoms with E-state index in [1.54, 1.807) is 6.07 Å². The molecule has 0 saturated heterocycles. The largest absolute Gasteiger partial charge is 0.389 e. The monoisotopic (exact) mass is 286 g/mol. The van der Waals surface area contributed by atoms with Crippen molar-refractivity contribution in [3.8, 4) is 0 Å². The summed E-state index contributed by atoms with van der Waals surface area (Å²) in [6, 6.07) is 13.1. The molecule has 1 unspecified atom stereocenters. The van der Waals surface area contributed by atoms with Crippen LogP contribution >= 0.6 is 12.2 Å². The van der Waals surface area contributed by atoms with E-state index in [9.17, 15) is 4.39 Å². The van der Waals surface area contributed by atoms with E-state index >= 15 is 0 Å². The lowest BCUT2D eigenvalue weighted by Crippen LogP contribution is -2.26. The van der Waals surface area contributed by atoms with Gasteiger partial charge in [-0.25, -0.2) is 4.39 Å². The Hall–Kier alpha value is -1.94. The smallest absolute Gasteiger partial charge is 0.124 e. The Morgan fingerprint density at radius 2 is 2.00 bits per heavy atom. The molecule has 0 radical (unpaired) electrons. The Bertz CT molecular complexity index is 684. The van der Waals surface area contributed by atoms with Crippen molar-refractivity contribution in [3.63, 3.8) is 0 Å². The van der Waals surface area contributed by atoms with Crippen molar-refractivity contribution in [2.45, 2.75) is 19.4 Å². The molecule has 1 aliphatic rings. The minimum atomic E-state index is -0.323. The summed E-state index contributed by atoms with van der Waals surface area (Å²) in [6.45, 7) is 2.15. The summed E-state index contributed by atoms with van der Waals surface area (Å²) in [6.07, 6.45) is 0.963. The van der Waals surface area contributed by atoms with E-state index < -0.39 is 0 Å². The average Bonchev–Trinajstić information content (AvgIpc) is 2.74. The molecule has 0 amide bonds. The lowest BCUT2D eigenvalue weighted by Gasteiger charge is -2.27. The summed E-state index contributed by atoms with van der Waals surface area (Å²) < 4.78 is 13.5. The normalized spacial score (nSPS) is 17.1. The van der Waals surface area contributed by atoms with Crippen LogP contribution in [-0.4, -0.2) is 11.0 Å². The number of halogens is 1. The maximum absolute atomic E-state index is 13.5. The molecule has 0 fully saturated rings. The van der Waals surface area contributed by atoms with Gasteiger partial charge in [0.2, 0.25) is 0 Å². The van der Waals surface area contributed by atoms with Crippen molar-refractivity contribution in [1.82, 2.24) is 0 Å². The third kappa shape index (κ3) is 2.06. The second kappa shape index (κ2) is 4.87. The summed E-state index contributed by atoms with van der Waals surface area (Å²) in [7, 11) is 0. The highest BCUT2D eigenvalue weighted by molar-refractivity contribution is 7.80. The van der Waals surface area contributed by atoms with Gasteiger partial charge in [0.15, 0.2) is 0 Å². The summed E-state index contributed by atoms with van der Waals surface area (Å²) in [5.74, 6) is -0.323. The van der Waals surface area contributed by atoms with Crippen LogP contribution in [0.25, 0.3) is 0 Å². The Morgan fingerprint density at radius 3 is 2.75 bits per heavy atom. The van der Waals surface area contributed by atoms with Crippen molar-refractivity contribution in [3.05, 3.63) is 59.4 Å². The summed E-state index contributed by atoms with van der Waals surface area (Å²) in [5.41, 5.74) is 9.65. The van der Waals surface area contributed by atoms with Gasteiger partial charge in [-0.3, -0.25) is 0 Å². The third-order valence-electron chi connectivity index (χ3n) is 3.69. The molecule has 1 atom stereocenters. The molecular formula is C16H15FN2S. The minimum absolute atomic E-state index is 0.219. The molecule has 1 heterocycles. The van der Waals surface area contributed by atoms with E-state index in [1.165, 1.54) is 17.7 Å². The molecule has 4 heteroatoms. The maximum Gasteiger partial charge on any atom is 0.124 e. The summed E-state index contributed by atoms with van der Waals surface area (Å²) in [4.78, 5) is 2.40. The van der Waals surface area contributed by atoms with E-state index in [0.717, 1.165) is 17.8 Å². The van der Waals surface area contributed by atoms with E-state index in [2.05, 4.69) is 24.0 Å². The van der Waals surface area contributed by atoms with Crippen molar-refractivity contribution >= 4 is 28.6 Å². The molecule has 2 nitrogen and oxygen atoms in total. The van der Waals surface area contributed by atoms with E-state index in [1.807, 2.05) is 12.1 Å². The highest BCUT2D eigenvalue weighted by Gasteiger charge is 2.28. The lowest BCUT2D eigenvalue weighted by molar-refractivity contribution is 0.627. The molecule has 102 valence electrons. The van der Waals surface area contributed by atoms with Crippen LogP contribution in [0.1, 0.15) is 18.1 Å². The number of benzene rings is 2. The first-order valence-corrected chi connectivity index (χ1v) is 6.95. The van der Waals surface area contributed by atoms with Crippen LogP contribution in [0.5, 0.6) is 0 Å². The van der Waals surface area contributed by atoms with E-state index in [4.69, 9.17) is 18.0 Å². The van der Waals surface area contributed by atoms with Gasteiger partial charge in [-0.05, 0) is 43.2 Å². The molecule has 2 N–H and O–H groups in total. The van der Waals surface area contributed by atoms with Gasteiger partial charge in [0, 0.05) is 17.3 Å². The average molecular weight is 286 g/mol. The predicted octanol–water partition coefficient (Wildman–Crippen LogP) is 3.54. The number of nitrogens with two attached hydrogens (primary N) is 1. The van der Waals surface area contributed by atoms with Gasteiger partial charge in [0.05, 0.1) is 5.69 Å². The molecule has 0 aliphatic carbocycles. The van der Waals surface area contributed by atoms with Gasteiger partial charge in [-0.15, -0.1) is 0 Å². The minimum Gasteiger partial charge on any atom is -0.389 e. The number of thiocarbonyl (C=S) groups is 1.